The third-order valence-electron chi connectivity index (χ3n) is 4.80. The van der Waals surface area contributed by atoms with Gasteiger partial charge in [-0.15, -0.1) is 0 Å². The molecule has 1 aliphatic heterocycles. The predicted octanol–water partition coefficient (Wildman–Crippen LogP) is 3.09. The lowest BCUT2D eigenvalue weighted by Crippen LogP contribution is -2.62. The summed E-state index contributed by atoms with van der Waals surface area (Å²) in [5, 5.41) is 14.4. The molecule has 1 aromatic rings. The highest BCUT2D eigenvalue weighted by Gasteiger charge is 2.68. The zero-order valence-corrected chi connectivity index (χ0v) is 14.0. The lowest BCUT2D eigenvalue weighted by Gasteiger charge is -2.39. The maximum atomic E-state index is 13.7. The summed E-state index contributed by atoms with van der Waals surface area (Å²) in [6.07, 6.45) is -4.02. The summed E-state index contributed by atoms with van der Waals surface area (Å²) in [6, 6.07) is 4.68. The smallest absolute Gasteiger partial charge is 0.439 e. The Morgan fingerprint density at radius 3 is 2.65 bits per heavy atom. The summed E-state index contributed by atoms with van der Waals surface area (Å²) in [7, 11) is 0. The zero-order chi connectivity index (χ0) is 19.1. The Labute approximate surface area is 147 Å². The van der Waals surface area contributed by atoms with Gasteiger partial charge in [0.15, 0.2) is 6.61 Å². The first-order chi connectivity index (χ1) is 12.1. The van der Waals surface area contributed by atoms with Gasteiger partial charge in [0.2, 0.25) is 0 Å². The number of hydrazone groups is 1. The van der Waals surface area contributed by atoms with Crippen LogP contribution in [0.3, 0.4) is 0 Å². The first-order valence-electron chi connectivity index (χ1n) is 8.21. The minimum atomic E-state index is -5.06. The molecule has 3 rings (SSSR count). The van der Waals surface area contributed by atoms with Gasteiger partial charge in [0, 0.05) is 5.71 Å². The highest BCUT2D eigenvalue weighted by atomic mass is 19.4. The molecule has 0 saturated heterocycles. The molecule has 0 unspecified atom stereocenters. The fraction of sp³-hybridized carbons (Fsp3) is 0.529. The first-order valence-corrected chi connectivity index (χ1v) is 8.21. The average molecular weight is 374 g/mol. The molecule has 1 fully saturated rings. The van der Waals surface area contributed by atoms with E-state index < -0.39 is 36.2 Å². The van der Waals surface area contributed by atoms with Gasteiger partial charge in [-0.05, 0) is 49.4 Å². The summed E-state index contributed by atoms with van der Waals surface area (Å²) in [4.78, 5) is 12.3. The highest BCUT2D eigenvalue weighted by Crippen LogP contribution is 2.49. The molecule has 0 radical (unpaired) electrons. The molecule has 1 saturated carbocycles. The number of nitrogens with zero attached hydrogens (tertiary/aromatic N) is 2. The number of carbonyl (C=O) groups excluding carboxylic acids is 1. The van der Waals surface area contributed by atoms with Gasteiger partial charge in [0.1, 0.15) is 11.6 Å². The Balaban J connectivity index is 1.81. The number of halogens is 4. The molecule has 2 aliphatic rings. The monoisotopic (exact) mass is 374 g/mol. The van der Waals surface area contributed by atoms with Crippen molar-refractivity contribution in [2.24, 2.45) is 16.9 Å². The molecule has 0 spiro atoms. The van der Waals surface area contributed by atoms with Crippen molar-refractivity contribution in [3.63, 3.8) is 0 Å². The topological polar surface area (TPSA) is 62.1 Å². The molecule has 1 amide bonds. The van der Waals surface area contributed by atoms with Gasteiger partial charge in [-0.1, -0.05) is 6.92 Å². The van der Waals surface area contributed by atoms with E-state index in [1.54, 1.807) is 6.92 Å². The van der Waals surface area contributed by atoms with Crippen LogP contribution in [-0.2, 0) is 4.79 Å². The van der Waals surface area contributed by atoms with Crippen LogP contribution in [0.5, 0.6) is 5.75 Å². The number of amides is 1. The second kappa shape index (κ2) is 6.53. The number of fused-ring (bicyclic) bond motifs is 1. The lowest BCUT2D eigenvalue weighted by atomic mass is 9.76. The van der Waals surface area contributed by atoms with Crippen LogP contribution in [0.1, 0.15) is 26.2 Å². The van der Waals surface area contributed by atoms with Gasteiger partial charge in [0.05, 0.1) is 5.92 Å². The van der Waals surface area contributed by atoms with Crippen LogP contribution < -0.4 is 4.74 Å². The van der Waals surface area contributed by atoms with Crippen LogP contribution in [0.25, 0.3) is 0 Å². The van der Waals surface area contributed by atoms with Crippen LogP contribution in [0.15, 0.2) is 29.4 Å². The van der Waals surface area contributed by atoms with Crippen LogP contribution in [0.2, 0.25) is 0 Å². The molecule has 5 nitrogen and oxygen atoms in total. The first kappa shape index (κ1) is 18.6. The number of aliphatic hydroxyl groups is 1. The van der Waals surface area contributed by atoms with Gasteiger partial charge in [-0.2, -0.15) is 23.3 Å². The van der Waals surface area contributed by atoms with Crippen molar-refractivity contribution in [2.75, 3.05) is 6.61 Å². The molecule has 1 aromatic carbocycles. The largest absolute Gasteiger partial charge is 0.484 e. The van der Waals surface area contributed by atoms with Crippen molar-refractivity contribution in [1.29, 1.82) is 0 Å². The summed E-state index contributed by atoms with van der Waals surface area (Å²) in [5.74, 6) is -2.81. The Hall–Kier alpha value is -2.16. The number of benzene rings is 1. The molecule has 3 atom stereocenters. The maximum Gasteiger partial charge on any atom is 0.439 e. The number of hydrogen-bond donors (Lipinski definition) is 1. The second-order valence-corrected chi connectivity index (χ2v) is 6.70. The van der Waals surface area contributed by atoms with Crippen LogP contribution in [0, 0.1) is 17.7 Å². The highest BCUT2D eigenvalue weighted by molar-refractivity contribution is 5.93. The lowest BCUT2D eigenvalue weighted by molar-refractivity contribution is -0.318. The summed E-state index contributed by atoms with van der Waals surface area (Å²) in [5.41, 5.74) is -3.20. The number of alkyl halides is 3. The van der Waals surface area contributed by atoms with E-state index in [-0.39, 0.29) is 28.8 Å². The zero-order valence-electron chi connectivity index (χ0n) is 14.0. The van der Waals surface area contributed by atoms with E-state index >= 15 is 0 Å². The molecule has 142 valence electrons. The van der Waals surface area contributed by atoms with E-state index in [2.05, 4.69) is 5.10 Å². The van der Waals surface area contributed by atoms with Gasteiger partial charge < -0.3 is 9.84 Å². The summed E-state index contributed by atoms with van der Waals surface area (Å²) in [6.45, 7) is 1.04. The quantitative estimate of drug-likeness (QED) is 0.827. The second-order valence-electron chi connectivity index (χ2n) is 6.70. The van der Waals surface area contributed by atoms with E-state index in [4.69, 9.17) is 4.74 Å². The fourth-order valence-corrected chi connectivity index (χ4v) is 3.39. The maximum absolute atomic E-state index is 13.7. The van der Waals surface area contributed by atoms with Crippen molar-refractivity contribution in [3.05, 3.63) is 30.1 Å². The van der Waals surface area contributed by atoms with Crippen LogP contribution in [0.4, 0.5) is 17.6 Å². The van der Waals surface area contributed by atoms with E-state index in [1.165, 1.54) is 12.1 Å². The van der Waals surface area contributed by atoms with Crippen molar-refractivity contribution in [3.8, 4) is 5.75 Å². The third-order valence-corrected chi connectivity index (χ3v) is 4.80. The van der Waals surface area contributed by atoms with Crippen LogP contribution in [-0.4, -0.2) is 40.2 Å². The number of rotatable bonds is 3. The Morgan fingerprint density at radius 1 is 1.38 bits per heavy atom. The van der Waals surface area contributed by atoms with Crippen molar-refractivity contribution >= 4 is 11.6 Å². The normalized spacial score (nSPS) is 28.5. The molecular formula is C17H18F4N2O3. The predicted molar refractivity (Wildman–Crippen MR) is 83.7 cm³/mol. The number of ether oxygens (including phenoxy) is 1. The summed E-state index contributed by atoms with van der Waals surface area (Å²) >= 11 is 0. The number of carbonyl (C=O) groups is 1. The SMILES string of the molecule is C[C@@H]1CCC2=NN(C(=O)COc3ccc(F)cc3)[C@](O)(C(F)(F)F)[C@@H]2C1. The standard InChI is InChI=1S/C17H18F4N2O3/c1-10-2-7-14-13(8-10)16(25,17(19,20)21)23(22-14)15(24)9-26-12-5-3-11(18)4-6-12/h3-6,10,13,25H,2,7-9H2,1H3/t10-,13-,16-/m1/s1. The van der Waals surface area contributed by atoms with Gasteiger partial charge in [-0.3, -0.25) is 4.79 Å². The minimum absolute atomic E-state index is 0.0154. The van der Waals surface area contributed by atoms with E-state index in [0.717, 1.165) is 12.1 Å². The molecule has 1 aliphatic carbocycles. The molecule has 1 heterocycles. The minimum Gasteiger partial charge on any atom is -0.484 e. The van der Waals surface area contributed by atoms with Gasteiger partial charge in [0.25, 0.3) is 11.6 Å². The Morgan fingerprint density at radius 2 is 2.04 bits per heavy atom. The molecule has 26 heavy (non-hydrogen) atoms. The molecule has 1 N–H and O–H groups in total. The van der Waals surface area contributed by atoms with E-state index in [9.17, 15) is 27.5 Å². The van der Waals surface area contributed by atoms with Crippen molar-refractivity contribution in [2.45, 2.75) is 38.1 Å². The molecular weight excluding hydrogens is 356 g/mol. The van der Waals surface area contributed by atoms with Crippen molar-refractivity contribution in [1.82, 2.24) is 5.01 Å². The van der Waals surface area contributed by atoms with Crippen LogP contribution >= 0.6 is 0 Å². The van der Waals surface area contributed by atoms with E-state index in [1.807, 2.05) is 0 Å². The Kier molecular flexibility index (Phi) is 4.68. The molecule has 9 heteroatoms. The summed E-state index contributed by atoms with van der Waals surface area (Å²) < 4.78 is 59.0. The number of hydrogen-bond acceptors (Lipinski definition) is 4. The van der Waals surface area contributed by atoms with Crippen molar-refractivity contribution < 1.29 is 32.2 Å². The van der Waals surface area contributed by atoms with Gasteiger partial charge >= 0.3 is 6.18 Å². The third kappa shape index (κ3) is 3.15. The van der Waals surface area contributed by atoms with E-state index in [0.29, 0.717) is 12.8 Å². The molecule has 0 aromatic heterocycles. The average Bonchev–Trinajstić information content (AvgIpc) is 2.88. The molecule has 0 bridgehead atoms. The fourth-order valence-electron chi connectivity index (χ4n) is 3.39. The van der Waals surface area contributed by atoms with Gasteiger partial charge in [-0.25, -0.2) is 4.39 Å². The Bertz CT molecular complexity index is 720.